The number of anilines is 1. The van der Waals surface area contributed by atoms with Gasteiger partial charge in [-0.1, -0.05) is 17.7 Å². The molecule has 1 saturated heterocycles. The van der Waals surface area contributed by atoms with Crippen LogP contribution in [0.25, 0.3) is 0 Å². The highest BCUT2D eigenvalue weighted by Gasteiger charge is 2.39. The summed E-state index contributed by atoms with van der Waals surface area (Å²) in [6.07, 6.45) is -0.298. The lowest BCUT2D eigenvalue weighted by atomic mass is 10.2. The van der Waals surface area contributed by atoms with E-state index >= 15 is 0 Å². The molecule has 1 aromatic carbocycles. The molecule has 1 atom stereocenters. The van der Waals surface area contributed by atoms with Crippen molar-refractivity contribution in [1.82, 2.24) is 5.32 Å². The molecule has 21 heavy (non-hydrogen) atoms. The second-order valence-corrected chi connectivity index (χ2v) is 4.97. The third kappa shape index (κ3) is 3.47. The summed E-state index contributed by atoms with van der Waals surface area (Å²) in [5, 5.41) is 3.01. The van der Waals surface area contributed by atoms with Gasteiger partial charge < -0.3 is 14.8 Å². The molecule has 2 rings (SSSR count). The number of amides is 2. The lowest BCUT2D eigenvalue weighted by molar-refractivity contribution is -0.122. The molecular formula is C15H20N2O4. The molecule has 1 heterocycles. The number of hydrogen-bond donors (Lipinski definition) is 1. The van der Waals surface area contributed by atoms with Crippen LogP contribution in [0.15, 0.2) is 24.3 Å². The molecule has 0 aliphatic carbocycles. The minimum Gasteiger partial charge on any atom is -0.355 e. The maximum atomic E-state index is 12.4. The van der Waals surface area contributed by atoms with Crippen LogP contribution >= 0.6 is 0 Å². The molecule has 1 aliphatic heterocycles. The molecule has 6 heteroatoms. The average molecular weight is 292 g/mol. The van der Waals surface area contributed by atoms with Gasteiger partial charge in [-0.3, -0.25) is 9.59 Å². The molecule has 1 aliphatic rings. The Morgan fingerprint density at radius 3 is 2.43 bits per heavy atom. The first-order valence-electron chi connectivity index (χ1n) is 6.79. The van der Waals surface area contributed by atoms with E-state index in [-0.39, 0.29) is 18.2 Å². The first-order valence-corrected chi connectivity index (χ1v) is 6.79. The largest absolute Gasteiger partial charge is 0.355 e. The zero-order valence-corrected chi connectivity index (χ0v) is 12.5. The van der Waals surface area contributed by atoms with Crippen LogP contribution in [0.4, 0.5) is 5.69 Å². The summed E-state index contributed by atoms with van der Waals surface area (Å²) >= 11 is 0. The highest BCUT2D eigenvalue weighted by atomic mass is 16.7. The van der Waals surface area contributed by atoms with E-state index in [0.29, 0.717) is 12.2 Å². The standard InChI is InChI=1S/C15H20N2O4/c1-10-4-6-11(7-5-10)17-13(18)8-12(15(17)19)16-9-14(20-2)21-3/h4-7,12,14,16H,8-9H2,1-3H3. The number of rotatable bonds is 6. The minimum absolute atomic E-state index is 0.146. The normalized spacial score (nSPS) is 18.9. The van der Waals surface area contributed by atoms with Crippen molar-refractivity contribution in [2.24, 2.45) is 0 Å². The Morgan fingerprint density at radius 2 is 1.86 bits per heavy atom. The SMILES string of the molecule is COC(CNC1CC(=O)N(c2ccc(C)cc2)C1=O)OC. The number of nitrogens with zero attached hydrogens (tertiary/aromatic N) is 1. The fourth-order valence-corrected chi connectivity index (χ4v) is 2.26. The molecule has 1 N–H and O–H groups in total. The summed E-state index contributed by atoms with van der Waals surface area (Å²) in [5.74, 6) is -0.442. The van der Waals surface area contributed by atoms with E-state index in [1.807, 2.05) is 19.1 Å². The van der Waals surface area contributed by atoms with E-state index in [2.05, 4.69) is 5.32 Å². The third-order valence-corrected chi connectivity index (χ3v) is 3.50. The van der Waals surface area contributed by atoms with E-state index in [1.165, 1.54) is 19.1 Å². The van der Waals surface area contributed by atoms with Gasteiger partial charge in [-0.2, -0.15) is 0 Å². The maximum absolute atomic E-state index is 12.4. The Bertz CT molecular complexity index is 511. The van der Waals surface area contributed by atoms with Crippen LogP contribution in [0.5, 0.6) is 0 Å². The highest BCUT2D eigenvalue weighted by Crippen LogP contribution is 2.23. The molecule has 0 bridgehead atoms. The van der Waals surface area contributed by atoms with Crippen LogP contribution < -0.4 is 10.2 Å². The van der Waals surface area contributed by atoms with Crippen molar-refractivity contribution >= 4 is 17.5 Å². The number of ether oxygens (including phenoxy) is 2. The summed E-state index contributed by atoms with van der Waals surface area (Å²) < 4.78 is 10.1. The molecule has 0 spiro atoms. The maximum Gasteiger partial charge on any atom is 0.251 e. The number of carbonyl (C=O) groups is 2. The third-order valence-electron chi connectivity index (χ3n) is 3.50. The molecule has 0 aromatic heterocycles. The van der Waals surface area contributed by atoms with Crippen molar-refractivity contribution in [3.63, 3.8) is 0 Å². The summed E-state index contributed by atoms with van der Waals surface area (Å²) in [4.78, 5) is 25.6. The van der Waals surface area contributed by atoms with E-state index in [0.717, 1.165) is 5.56 Å². The Kier molecular flexibility index (Phi) is 5.06. The Balaban J connectivity index is 2.04. The van der Waals surface area contributed by atoms with Crippen molar-refractivity contribution in [2.45, 2.75) is 25.7 Å². The zero-order chi connectivity index (χ0) is 15.4. The molecular weight excluding hydrogens is 272 g/mol. The second-order valence-electron chi connectivity index (χ2n) is 4.97. The van der Waals surface area contributed by atoms with Gasteiger partial charge in [-0.05, 0) is 19.1 Å². The fourth-order valence-electron chi connectivity index (χ4n) is 2.26. The first kappa shape index (κ1) is 15.6. The fraction of sp³-hybridized carbons (Fsp3) is 0.467. The lowest BCUT2D eigenvalue weighted by Gasteiger charge is -2.18. The van der Waals surface area contributed by atoms with Crippen molar-refractivity contribution in [3.05, 3.63) is 29.8 Å². The van der Waals surface area contributed by atoms with E-state index in [4.69, 9.17) is 9.47 Å². The van der Waals surface area contributed by atoms with Gasteiger partial charge in [0.2, 0.25) is 5.91 Å². The Hall–Kier alpha value is -1.76. The first-order chi connectivity index (χ1) is 10.1. The van der Waals surface area contributed by atoms with Gasteiger partial charge in [-0.15, -0.1) is 0 Å². The van der Waals surface area contributed by atoms with Gasteiger partial charge in [0.25, 0.3) is 5.91 Å². The Labute approximate surface area is 124 Å². The monoisotopic (exact) mass is 292 g/mol. The van der Waals surface area contributed by atoms with Crippen molar-refractivity contribution < 1.29 is 19.1 Å². The van der Waals surface area contributed by atoms with Gasteiger partial charge in [0.15, 0.2) is 6.29 Å². The van der Waals surface area contributed by atoms with Gasteiger partial charge in [0.1, 0.15) is 0 Å². The molecule has 0 radical (unpaired) electrons. The molecule has 1 aromatic rings. The smallest absolute Gasteiger partial charge is 0.251 e. The molecule has 6 nitrogen and oxygen atoms in total. The van der Waals surface area contributed by atoms with Crippen LogP contribution in [0.3, 0.4) is 0 Å². The number of carbonyl (C=O) groups excluding carboxylic acids is 2. The molecule has 0 saturated carbocycles. The average Bonchev–Trinajstić information content (AvgIpc) is 2.76. The van der Waals surface area contributed by atoms with Gasteiger partial charge >= 0.3 is 0 Å². The number of nitrogens with one attached hydrogen (secondary N) is 1. The lowest BCUT2D eigenvalue weighted by Crippen LogP contribution is -2.42. The zero-order valence-electron chi connectivity index (χ0n) is 12.5. The minimum atomic E-state index is -0.536. The number of methoxy groups -OCH3 is 2. The predicted octanol–water partition coefficient (Wildman–Crippen LogP) is 0.835. The molecule has 2 amide bonds. The molecule has 1 unspecified atom stereocenters. The second kappa shape index (κ2) is 6.80. The molecule has 1 fully saturated rings. The van der Waals surface area contributed by atoms with Crippen molar-refractivity contribution in [2.75, 3.05) is 25.7 Å². The van der Waals surface area contributed by atoms with Crippen LogP contribution in [0.2, 0.25) is 0 Å². The topological polar surface area (TPSA) is 67.9 Å². The van der Waals surface area contributed by atoms with Crippen molar-refractivity contribution in [1.29, 1.82) is 0 Å². The van der Waals surface area contributed by atoms with Gasteiger partial charge in [0.05, 0.1) is 18.2 Å². The number of hydrogen-bond acceptors (Lipinski definition) is 5. The highest BCUT2D eigenvalue weighted by molar-refractivity contribution is 6.22. The van der Waals surface area contributed by atoms with E-state index in [9.17, 15) is 9.59 Å². The molecule has 114 valence electrons. The summed E-state index contributed by atoms with van der Waals surface area (Å²) in [6, 6.07) is 6.78. The number of aryl methyl sites for hydroxylation is 1. The van der Waals surface area contributed by atoms with Gasteiger partial charge in [-0.25, -0.2) is 4.90 Å². The van der Waals surface area contributed by atoms with Crippen molar-refractivity contribution in [3.8, 4) is 0 Å². The van der Waals surface area contributed by atoms with Crippen LogP contribution in [0, 0.1) is 6.92 Å². The van der Waals surface area contributed by atoms with E-state index < -0.39 is 12.3 Å². The Morgan fingerprint density at radius 1 is 1.24 bits per heavy atom. The predicted molar refractivity (Wildman–Crippen MR) is 77.9 cm³/mol. The van der Waals surface area contributed by atoms with Crippen LogP contribution in [-0.2, 0) is 19.1 Å². The number of imide groups is 1. The van der Waals surface area contributed by atoms with E-state index in [1.54, 1.807) is 12.1 Å². The number of benzene rings is 1. The summed E-state index contributed by atoms with van der Waals surface area (Å²) in [5.41, 5.74) is 1.69. The summed E-state index contributed by atoms with van der Waals surface area (Å²) in [7, 11) is 3.05. The summed E-state index contributed by atoms with van der Waals surface area (Å²) in [6.45, 7) is 2.30. The van der Waals surface area contributed by atoms with Gasteiger partial charge in [0, 0.05) is 20.8 Å². The van der Waals surface area contributed by atoms with Crippen LogP contribution in [-0.4, -0.2) is 44.9 Å². The van der Waals surface area contributed by atoms with Crippen LogP contribution in [0.1, 0.15) is 12.0 Å². The quantitative estimate of drug-likeness (QED) is 0.621.